The van der Waals surface area contributed by atoms with Crippen LogP contribution in [0.2, 0.25) is 0 Å². The second-order valence-electron chi connectivity index (χ2n) is 8.84. The van der Waals surface area contributed by atoms with Crippen LogP contribution in [0.4, 0.5) is 5.69 Å². The van der Waals surface area contributed by atoms with Gasteiger partial charge in [-0.15, -0.1) is 0 Å². The van der Waals surface area contributed by atoms with Gasteiger partial charge in [0.25, 0.3) is 0 Å². The van der Waals surface area contributed by atoms with Crippen LogP contribution in [0.3, 0.4) is 0 Å². The van der Waals surface area contributed by atoms with Gasteiger partial charge in [0.05, 0.1) is 23.0 Å². The van der Waals surface area contributed by atoms with E-state index in [1.165, 1.54) is 0 Å². The van der Waals surface area contributed by atoms with Crippen molar-refractivity contribution in [2.45, 2.75) is 46.8 Å². The largest absolute Gasteiger partial charge is 0.470 e. The number of aliphatic hydroxyl groups is 1. The molecule has 3 heterocycles. The maximum atomic E-state index is 10.3. The molecule has 2 aromatic heterocycles. The first-order valence-electron chi connectivity index (χ1n) is 11.1. The van der Waals surface area contributed by atoms with E-state index in [9.17, 15) is 5.11 Å². The lowest BCUT2D eigenvalue weighted by atomic mass is 10.0. The summed E-state index contributed by atoms with van der Waals surface area (Å²) >= 11 is 6.61. The van der Waals surface area contributed by atoms with E-state index in [0.717, 1.165) is 39.7 Å². The van der Waals surface area contributed by atoms with Crippen LogP contribution < -0.4 is 4.90 Å². The Bertz CT molecular complexity index is 1280. The van der Waals surface area contributed by atoms with E-state index in [1.807, 2.05) is 57.2 Å². The van der Waals surface area contributed by atoms with Gasteiger partial charge in [-0.05, 0) is 64.4 Å². The first kappa shape index (κ1) is 23.9. The number of anilines is 1. The Hall–Kier alpha value is -3.29. The molecule has 0 unspecified atom stereocenters. The van der Waals surface area contributed by atoms with Crippen molar-refractivity contribution in [2.24, 2.45) is 4.99 Å². The molecule has 0 radical (unpaired) electrons. The summed E-state index contributed by atoms with van der Waals surface area (Å²) in [6.07, 6.45) is 1.66. The molecular weight excluding hydrogens is 450 g/mol. The van der Waals surface area contributed by atoms with E-state index in [2.05, 4.69) is 30.9 Å². The summed E-state index contributed by atoms with van der Waals surface area (Å²) in [6.45, 7) is 10.0. The number of aromatic nitrogens is 3. The van der Waals surface area contributed by atoms with Gasteiger partial charge in [0.2, 0.25) is 5.88 Å². The molecule has 1 aliphatic rings. The average Bonchev–Trinajstić information content (AvgIpc) is 2.79. The lowest BCUT2D eigenvalue weighted by Crippen LogP contribution is -2.34. The number of nitrogens with zero attached hydrogens (tertiary/aromatic N) is 5. The quantitative estimate of drug-likeness (QED) is 0.522. The van der Waals surface area contributed by atoms with Crippen LogP contribution in [0.1, 0.15) is 43.5 Å². The van der Waals surface area contributed by atoms with E-state index < -0.39 is 5.60 Å². The van der Waals surface area contributed by atoms with Gasteiger partial charge in [0, 0.05) is 23.1 Å². The second kappa shape index (κ2) is 9.52. The summed E-state index contributed by atoms with van der Waals surface area (Å²) in [7, 11) is 0. The summed E-state index contributed by atoms with van der Waals surface area (Å²) in [5, 5.41) is 10.8. The van der Waals surface area contributed by atoms with Gasteiger partial charge in [-0.2, -0.15) is 4.99 Å². The monoisotopic (exact) mass is 477 g/mol. The van der Waals surface area contributed by atoms with E-state index in [4.69, 9.17) is 16.3 Å². The minimum absolute atomic E-state index is 0.301. The third-order valence-electron chi connectivity index (χ3n) is 5.48. The number of halogens is 1. The summed E-state index contributed by atoms with van der Waals surface area (Å²) in [5.74, 6) is 1.56. The molecule has 0 aliphatic carbocycles. The molecule has 1 aliphatic heterocycles. The first-order valence-corrected chi connectivity index (χ1v) is 11.4. The number of hydrogen-bond acceptors (Lipinski definition) is 7. The second-order valence-corrected chi connectivity index (χ2v) is 9.30. The zero-order chi connectivity index (χ0) is 24.5. The molecule has 0 spiro atoms. The minimum atomic E-state index is -1.12. The maximum Gasteiger partial charge on any atom is 0.232 e. The Balaban J connectivity index is 1.58. The number of aryl methyl sites for hydroxylation is 2. The SMILES string of the molecule is CC1=NC(OCc2cccc(C)n2)=C(Cl)CN1c1cc(-c2ccnc(C(C)(C)O)n2)ccc1C. The normalized spacial score (nSPS) is 14.3. The molecule has 7 nitrogen and oxygen atoms in total. The van der Waals surface area contributed by atoms with E-state index >= 15 is 0 Å². The fraction of sp³-hybridized carbons (Fsp3) is 0.308. The van der Waals surface area contributed by atoms with Crippen molar-refractivity contribution in [1.29, 1.82) is 0 Å². The number of hydrogen-bond donors (Lipinski definition) is 1. The minimum Gasteiger partial charge on any atom is -0.470 e. The molecule has 0 saturated heterocycles. The predicted octanol–water partition coefficient (Wildman–Crippen LogP) is 5.25. The third kappa shape index (κ3) is 5.26. The smallest absolute Gasteiger partial charge is 0.232 e. The van der Waals surface area contributed by atoms with Crippen molar-refractivity contribution >= 4 is 23.1 Å². The zero-order valence-electron chi connectivity index (χ0n) is 20.0. The van der Waals surface area contributed by atoms with Crippen LogP contribution in [0, 0.1) is 13.8 Å². The van der Waals surface area contributed by atoms with Gasteiger partial charge in [-0.25, -0.2) is 9.97 Å². The molecule has 8 heteroatoms. The molecule has 34 heavy (non-hydrogen) atoms. The topological polar surface area (TPSA) is 83.7 Å². The summed E-state index contributed by atoms with van der Waals surface area (Å²) in [4.78, 5) is 19.9. The molecule has 176 valence electrons. The number of pyridine rings is 1. The Kier molecular flexibility index (Phi) is 6.68. The highest BCUT2D eigenvalue weighted by Gasteiger charge is 2.24. The highest BCUT2D eigenvalue weighted by Crippen LogP contribution is 2.32. The molecule has 0 amide bonds. The van der Waals surface area contributed by atoms with Crippen molar-refractivity contribution in [2.75, 3.05) is 11.4 Å². The van der Waals surface area contributed by atoms with Crippen LogP contribution in [0.25, 0.3) is 11.3 Å². The molecule has 1 N–H and O–H groups in total. The summed E-state index contributed by atoms with van der Waals surface area (Å²) in [6, 6.07) is 13.7. The number of rotatable bonds is 6. The predicted molar refractivity (Wildman–Crippen MR) is 135 cm³/mol. The third-order valence-corrected chi connectivity index (χ3v) is 5.77. The molecule has 0 saturated carbocycles. The fourth-order valence-electron chi connectivity index (χ4n) is 3.65. The number of ether oxygens (including phenoxy) is 1. The van der Waals surface area contributed by atoms with Crippen molar-refractivity contribution in [3.8, 4) is 11.3 Å². The fourth-order valence-corrected chi connectivity index (χ4v) is 3.87. The van der Waals surface area contributed by atoms with Gasteiger partial charge in [0.1, 0.15) is 18.0 Å². The average molecular weight is 478 g/mol. The standard InChI is InChI=1S/C26H28ClN5O2/c1-16-9-10-19(22-11-12-28-25(31-22)26(4,5)33)13-23(16)32-14-21(27)24(30-18(32)3)34-15-20-8-6-7-17(2)29-20/h6-13,33H,14-15H2,1-5H3. The van der Waals surface area contributed by atoms with Crippen LogP contribution in [0.15, 0.2) is 64.6 Å². The van der Waals surface area contributed by atoms with Gasteiger partial charge in [-0.1, -0.05) is 29.8 Å². The lowest BCUT2D eigenvalue weighted by molar-refractivity contribution is 0.0688. The first-order chi connectivity index (χ1) is 16.1. The molecule has 0 bridgehead atoms. The van der Waals surface area contributed by atoms with E-state index in [0.29, 0.717) is 29.9 Å². The summed E-state index contributed by atoms with van der Waals surface area (Å²) < 4.78 is 5.89. The number of aliphatic imine (C=N–C) groups is 1. The number of amidine groups is 1. The van der Waals surface area contributed by atoms with Gasteiger partial charge in [-0.3, -0.25) is 4.98 Å². The molecule has 3 aromatic rings. The Morgan fingerprint density at radius 1 is 1.09 bits per heavy atom. The number of benzene rings is 1. The van der Waals surface area contributed by atoms with Crippen molar-refractivity contribution in [3.05, 3.63) is 82.4 Å². The van der Waals surface area contributed by atoms with Crippen molar-refractivity contribution in [1.82, 2.24) is 15.0 Å². The molecule has 0 fully saturated rings. The van der Waals surface area contributed by atoms with Gasteiger partial charge < -0.3 is 14.7 Å². The van der Waals surface area contributed by atoms with Crippen molar-refractivity contribution in [3.63, 3.8) is 0 Å². The van der Waals surface area contributed by atoms with E-state index in [1.54, 1.807) is 20.0 Å². The van der Waals surface area contributed by atoms with Crippen LogP contribution >= 0.6 is 11.6 Å². The Labute approximate surface area is 204 Å². The molecule has 1 aromatic carbocycles. The van der Waals surface area contributed by atoms with Crippen LogP contribution in [-0.2, 0) is 16.9 Å². The van der Waals surface area contributed by atoms with Gasteiger partial charge in [0.15, 0.2) is 5.82 Å². The van der Waals surface area contributed by atoms with Crippen LogP contribution in [0.5, 0.6) is 0 Å². The maximum absolute atomic E-state index is 10.3. The molecular formula is C26H28ClN5O2. The van der Waals surface area contributed by atoms with E-state index in [-0.39, 0.29) is 0 Å². The van der Waals surface area contributed by atoms with Gasteiger partial charge >= 0.3 is 0 Å². The highest BCUT2D eigenvalue weighted by atomic mass is 35.5. The zero-order valence-corrected chi connectivity index (χ0v) is 20.8. The van der Waals surface area contributed by atoms with Crippen molar-refractivity contribution < 1.29 is 9.84 Å². The molecule has 4 rings (SSSR count). The summed E-state index contributed by atoms with van der Waals surface area (Å²) in [5.41, 5.74) is 4.33. The Morgan fingerprint density at radius 3 is 2.62 bits per heavy atom. The molecule has 0 atom stereocenters. The van der Waals surface area contributed by atoms with Crippen LogP contribution in [-0.4, -0.2) is 32.4 Å². The lowest BCUT2D eigenvalue weighted by Gasteiger charge is -2.30. The highest BCUT2D eigenvalue weighted by molar-refractivity contribution is 6.31. The Morgan fingerprint density at radius 2 is 1.88 bits per heavy atom.